The number of carbonyl (C=O) groups is 1. The molecule has 0 spiro atoms. The minimum Gasteiger partial charge on any atom is -0.399 e. The molecule has 2 N–H and O–H groups in total. The first-order chi connectivity index (χ1) is 4.70. The lowest BCUT2D eigenvalue weighted by Crippen LogP contribution is -1.90. The highest BCUT2D eigenvalue weighted by Gasteiger charge is 1.97. The first kappa shape index (κ1) is 7.15. The number of benzene rings is 1. The smallest absolute Gasteiger partial charge is 0.216 e. The van der Waals surface area contributed by atoms with E-state index < -0.39 is 0 Å². The van der Waals surface area contributed by atoms with Crippen molar-refractivity contribution in [2.24, 2.45) is 0 Å². The second kappa shape index (κ2) is 2.75. The molecule has 10 heavy (non-hydrogen) atoms. The highest BCUT2D eigenvalue weighted by molar-refractivity contribution is 7.97. The van der Waals surface area contributed by atoms with Gasteiger partial charge in [0.25, 0.3) is 0 Å². The second-order valence-electron chi connectivity index (χ2n) is 1.93. The molecule has 0 fully saturated rings. The Morgan fingerprint density at radius 3 is 2.60 bits per heavy atom. The van der Waals surface area contributed by atoms with E-state index in [2.05, 4.69) is 12.6 Å². The van der Waals surface area contributed by atoms with Crippen LogP contribution in [0, 0.1) is 0 Å². The molecule has 0 aliphatic carbocycles. The summed E-state index contributed by atoms with van der Waals surface area (Å²) in [6, 6.07) is 6.71. The number of hydrogen-bond donors (Lipinski definition) is 2. The van der Waals surface area contributed by atoms with Crippen LogP contribution in [0.2, 0.25) is 0 Å². The zero-order valence-corrected chi connectivity index (χ0v) is 6.14. The zero-order valence-electron chi connectivity index (χ0n) is 5.24. The lowest BCUT2D eigenvalue weighted by Gasteiger charge is -1.94. The summed E-state index contributed by atoms with van der Waals surface area (Å²) in [4.78, 5) is 10.6. The van der Waals surface area contributed by atoms with E-state index in [1.807, 2.05) is 0 Å². The van der Waals surface area contributed by atoms with Crippen molar-refractivity contribution >= 4 is 23.4 Å². The van der Waals surface area contributed by atoms with Gasteiger partial charge in [-0.1, -0.05) is 12.1 Å². The van der Waals surface area contributed by atoms with Crippen molar-refractivity contribution in [3.05, 3.63) is 29.8 Å². The third-order valence-corrected chi connectivity index (χ3v) is 1.39. The number of anilines is 1. The Kier molecular flexibility index (Phi) is 1.97. The van der Waals surface area contributed by atoms with E-state index >= 15 is 0 Å². The fourth-order valence-electron chi connectivity index (χ4n) is 0.672. The molecule has 0 saturated heterocycles. The van der Waals surface area contributed by atoms with Gasteiger partial charge in [0.2, 0.25) is 5.12 Å². The predicted octanol–water partition coefficient (Wildman–Crippen LogP) is 1.34. The van der Waals surface area contributed by atoms with Crippen LogP contribution in [0.3, 0.4) is 0 Å². The van der Waals surface area contributed by atoms with E-state index in [0.717, 1.165) is 0 Å². The molecule has 0 aliphatic heterocycles. The van der Waals surface area contributed by atoms with Gasteiger partial charge in [0, 0.05) is 11.3 Å². The van der Waals surface area contributed by atoms with Crippen LogP contribution in [0.15, 0.2) is 24.3 Å². The zero-order chi connectivity index (χ0) is 7.56. The van der Waals surface area contributed by atoms with Crippen molar-refractivity contribution in [2.75, 3.05) is 5.73 Å². The molecule has 0 radical (unpaired) electrons. The van der Waals surface area contributed by atoms with Crippen molar-refractivity contribution in [3.63, 3.8) is 0 Å². The highest BCUT2D eigenvalue weighted by Crippen LogP contribution is 2.07. The molecule has 0 unspecified atom stereocenters. The van der Waals surface area contributed by atoms with Gasteiger partial charge < -0.3 is 5.73 Å². The first-order valence-electron chi connectivity index (χ1n) is 2.79. The maximum atomic E-state index is 10.6. The Balaban J connectivity index is 3.07. The SMILES string of the molecule is Nc1cccc(C(=O)S)c1. The summed E-state index contributed by atoms with van der Waals surface area (Å²) in [5, 5.41) is -0.257. The highest BCUT2D eigenvalue weighted by atomic mass is 32.1. The molecule has 0 bridgehead atoms. The summed E-state index contributed by atoms with van der Waals surface area (Å²) in [5.41, 5.74) is 6.52. The molecule has 1 rings (SSSR count). The van der Waals surface area contributed by atoms with E-state index in [0.29, 0.717) is 11.3 Å². The van der Waals surface area contributed by atoms with Crippen LogP contribution < -0.4 is 5.73 Å². The lowest BCUT2D eigenvalue weighted by atomic mass is 10.2. The van der Waals surface area contributed by atoms with Crippen molar-refractivity contribution in [3.8, 4) is 0 Å². The number of nitrogen functional groups attached to an aromatic ring is 1. The summed E-state index contributed by atoms with van der Waals surface area (Å²) in [7, 11) is 0. The van der Waals surface area contributed by atoms with Crippen molar-refractivity contribution in [1.29, 1.82) is 0 Å². The largest absolute Gasteiger partial charge is 0.399 e. The van der Waals surface area contributed by atoms with Gasteiger partial charge in [-0.25, -0.2) is 0 Å². The summed E-state index contributed by atoms with van der Waals surface area (Å²) >= 11 is 3.64. The van der Waals surface area contributed by atoms with Gasteiger partial charge in [0.15, 0.2) is 0 Å². The Bertz CT molecular complexity index is 260. The second-order valence-corrected chi connectivity index (χ2v) is 2.34. The van der Waals surface area contributed by atoms with Gasteiger partial charge in [0.05, 0.1) is 0 Å². The molecule has 52 valence electrons. The number of carbonyl (C=O) groups excluding carboxylic acids is 1. The summed E-state index contributed by atoms with van der Waals surface area (Å²) in [5.74, 6) is 0. The van der Waals surface area contributed by atoms with E-state index in [1.54, 1.807) is 24.3 Å². The van der Waals surface area contributed by atoms with Gasteiger partial charge in [0.1, 0.15) is 0 Å². The van der Waals surface area contributed by atoms with Gasteiger partial charge >= 0.3 is 0 Å². The van der Waals surface area contributed by atoms with Crippen LogP contribution in [0.4, 0.5) is 5.69 Å². The van der Waals surface area contributed by atoms with Gasteiger partial charge in [-0.2, -0.15) is 0 Å². The molecule has 0 amide bonds. The van der Waals surface area contributed by atoms with E-state index in [4.69, 9.17) is 5.73 Å². The first-order valence-corrected chi connectivity index (χ1v) is 3.23. The van der Waals surface area contributed by atoms with Crippen molar-refractivity contribution < 1.29 is 4.79 Å². The summed E-state index contributed by atoms with van der Waals surface area (Å²) in [6.45, 7) is 0. The van der Waals surface area contributed by atoms with Gasteiger partial charge in [-0.05, 0) is 12.1 Å². The predicted molar refractivity (Wildman–Crippen MR) is 44.2 cm³/mol. The quantitative estimate of drug-likeness (QED) is 0.472. The molecule has 3 heteroatoms. The van der Waals surface area contributed by atoms with Gasteiger partial charge in [-0.15, -0.1) is 12.6 Å². The van der Waals surface area contributed by atoms with E-state index in [9.17, 15) is 4.79 Å². The van der Waals surface area contributed by atoms with Crippen molar-refractivity contribution in [1.82, 2.24) is 0 Å². The molecule has 0 heterocycles. The number of rotatable bonds is 1. The molecule has 0 saturated carbocycles. The molecule has 2 nitrogen and oxygen atoms in total. The van der Waals surface area contributed by atoms with Crippen LogP contribution in [-0.4, -0.2) is 5.12 Å². The normalized spacial score (nSPS) is 9.30. The fourth-order valence-corrected chi connectivity index (χ4v) is 0.811. The van der Waals surface area contributed by atoms with Crippen LogP contribution in [-0.2, 0) is 0 Å². The minimum atomic E-state index is -0.257. The third-order valence-electron chi connectivity index (χ3n) is 1.13. The Labute approximate surface area is 64.5 Å². The number of hydrogen-bond acceptors (Lipinski definition) is 2. The Hall–Kier alpha value is -0.960. The standard InChI is InChI=1S/C7H7NOS/c8-6-3-1-2-5(4-6)7(9)10/h1-4H,8H2,(H,9,10). The average molecular weight is 153 g/mol. The van der Waals surface area contributed by atoms with E-state index in [1.165, 1.54) is 0 Å². The number of thiol groups is 1. The van der Waals surface area contributed by atoms with Crippen LogP contribution in [0.5, 0.6) is 0 Å². The molecular weight excluding hydrogens is 146 g/mol. The fraction of sp³-hybridized carbons (Fsp3) is 0. The summed E-state index contributed by atoms with van der Waals surface area (Å²) in [6.07, 6.45) is 0. The van der Waals surface area contributed by atoms with Crippen LogP contribution >= 0.6 is 12.6 Å². The van der Waals surface area contributed by atoms with Gasteiger partial charge in [-0.3, -0.25) is 4.79 Å². The maximum Gasteiger partial charge on any atom is 0.216 e. The minimum absolute atomic E-state index is 0.257. The average Bonchev–Trinajstić information content (AvgIpc) is 1.88. The Morgan fingerprint density at radius 2 is 2.20 bits per heavy atom. The maximum absolute atomic E-state index is 10.6. The number of nitrogens with two attached hydrogens (primary N) is 1. The van der Waals surface area contributed by atoms with E-state index in [-0.39, 0.29) is 5.12 Å². The molecule has 1 aromatic carbocycles. The molecule has 0 aromatic heterocycles. The van der Waals surface area contributed by atoms with Crippen molar-refractivity contribution in [2.45, 2.75) is 0 Å². The summed E-state index contributed by atoms with van der Waals surface area (Å²) < 4.78 is 0. The van der Waals surface area contributed by atoms with Crippen LogP contribution in [0.1, 0.15) is 10.4 Å². The molecule has 0 atom stereocenters. The Morgan fingerprint density at radius 1 is 1.50 bits per heavy atom. The molecular formula is C7H7NOS. The topological polar surface area (TPSA) is 43.1 Å². The molecule has 0 aliphatic rings. The third kappa shape index (κ3) is 1.51. The lowest BCUT2D eigenvalue weighted by molar-refractivity contribution is 0.109. The molecule has 1 aromatic rings. The van der Waals surface area contributed by atoms with Crippen LogP contribution in [0.25, 0.3) is 0 Å². The monoisotopic (exact) mass is 153 g/mol.